The number of hydrogen-bond acceptors (Lipinski definition) is 5. The molecule has 0 N–H and O–H groups in total. The van der Waals surface area contributed by atoms with Gasteiger partial charge in [0, 0.05) is 50.1 Å². The van der Waals surface area contributed by atoms with E-state index in [1.807, 2.05) is 18.2 Å². The molecule has 0 saturated carbocycles. The normalized spacial score (nSPS) is 13.4. The maximum atomic E-state index is 11.9. The lowest BCUT2D eigenvalue weighted by Crippen LogP contribution is -2.42. The van der Waals surface area contributed by atoms with Gasteiger partial charge in [0.25, 0.3) is 0 Å². The molecule has 0 fully saturated rings. The predicted molar refractivity (Wildman–Crippen MR) is 77.2 cm³/mol. The largest absolute Gasteiger partial charge is 0.500 e. The van der Waals surface area contributed by atoms with Crippen LogP contribution in [-0.4, -0.2) is 45.1 Å². The summed E-state index contributed by atoms with van der Waals surface area (Å²) in [6, 6.07) is 6.31. The van der Waals surface area contributed by atoms with E-state index in [0.29, 0.717) is 17.5 Å². The third kappa shape index (κ3) is 5.49. The Labute approximate surface area is 118 Å². The highest BCUT2D eigenvalue weighted by Crippen LogP contribution is 2.15. The number of rotatable bonds is 9. The van der Waals surface area contributed by atoms with E-state index in [9.17, 15) is 4.21 Å². The Morgan fingerprint density at radius 1 is 1.21 bits per heavy atom. The van der Waals surface area contributed by atoms with Gasteiger partial charge in [-0.25, -0.2) is 0 Å². The first kappa shape index (κ1) is 16.5. The Kier molecular flexibility index (Phi) is 7.40. The Bertz CT molecular complexity index is 378. The van der Waals surface area contributed by atoms with Crippen LogP contribution < -0.4 is 0 Å². The maximum Gasteiger partial charge on any atom is 0.500 e. The molecule has 1 aromatic heterocycles. The van der Waals surface area contributed by atoms with Gasteiger partial charge in [0.2, 0.25) is 0 Å². The van der Waals surface area contributed by atoms with Crippen LogP contribution in [0.5, 0.6) is 0 Å². The van der Waals surface area contributed by atoms with Crippen molar-refractivity contribution in [3.8, 4) is 0 Å². The van der Waals surface area contributed by atoms with E-state index in [0.717, 1.165) is 12.1 Å². The lowest BCUT2D eigenvalue weighted by molar-refractivity contribution is 0.123. The minimum absolute atomic E-state index is 0.488. The van der Waals surface area contributed by atoms with Crippen LogP contribution in [0, 0.1) is 0 Å². The fourth-order valence-corrected chi connectivity index (χ4v) is 4.82. The van der Waals surface area contributed by atoms with Crippen LogP contribution in [0.4, 0.5) is 0 Å². The summed E-state index contributed by atoms with van der Waals surface area (Å²) in [4.78, 5) is 4.17. The zero-order valence-electron chi connectivity index (χ0n) is 11.6. The van der Waals surface area contributed by atoms with Gasteiger partial charge >= 0.3 is 8.80 Å². The highest BCUT2D eigenvalue weighted by atomic mass is 32.2. The molecule has 0 bridgehead atoms. The van der Waals surface area contributed by atoms with Gasteiger partial charge in [-0.2, -0.15) is 0 Å². The first-order valence-corrected chi connectivity index (χ1v) is 9.48. The van der Waals surface area contributed by atoms with Crippen LogP contribution in [0.3, 0.4) is 0 Å². The Morgan fingerprint density at radius 2 is 1.89 bits per heavy atom. The van der Waals surface area contributed by atoms with Crippen LogP contribution in [-0.2, 0) is 29.8 Å². The molecule has 0 spiro atoms. The summed E-state index contributed by atoms with van der Waals surface area (Å²) in [6.45, 7) is 0. The van der Waals surface area contributed by atoms with Crippen molar-refractivity contribution in [1.82, 2.24) is 4.98 Å². The van der Waals surface area contributed by atoms with E-state index in [-0.39, 0.29) is 0 Å². The third-order valence-electron chi connectivity index (χ3n) is 2.82. The SMILES string of the molecule is CO[Si](CCCS(=O)Cc1ccccn1)(OC)OC. The molecule has 0 aliphatic rings. The maximum absolute atomic E-state index is 11.9. The van der Waals surface area contributed by atoms with E-state index in [2.05, 4.69) is 4.98 Å². The summed E-state index contributed by atoms with van der Waals surface area (Å²) in [5.41, 5.74) is 0.856. The van der Waals surface area contributed by atoms with Crippen molar-refractivity contribution in [3.63, 3.8) is 0 Å². The number of aromatic nitrogens is 1. The van der Waals surface area contributed by atoms with E-state index in [1.54, 1.807) is 27.5 Å². The van der Waals surface area contributed by atoms with Crippen molar-refractivity contribution in [2.45, 2.75) is 18.2 Å². The molecule has 0 saturated heterocycles. The predicted octanol–water partition coefficient (Wildman–Crippen LogP) is 1.60. The van der Waals surface area contributed by atoms with Gasteiger partial charge in [-0.15, -0.1) is 0 Å². The summed E-state index contributed by atoms with van der Waals surface area (Å²) >= 11 is 0. The topological polar surface area (TPSA) is 57.7 Å². The Morgan fingerprint density at radius 3 is 2.42 bits per heavy atom. The van der Waals surface area contributed by atoms with E-state index < -0.39 is 19.6 Å². The van der Waals surface area contributed by atoms with Gasteiger partial charge in [0.05, 0.1) is 11.4 Å². The second-order valence-electron chi connectivity index (χ2n) is 4.01. The summed E-state index contributed by atoms with van der Waals surface area (Å²) in [6.07, 6.45) is 2.46. The van der Waals surface area contributed by atoms with Crippen molar-refractivity contribution in [1.29, 1.82) is 0 Å². The molecule has 7 heteroatoms. The molecule has 1 heterocycles. The van der Waals surface area contributed by atoms with Crippen LogP contribution in [0.1, 0.15) is 12.1 Å². The zero-order valence-corrected chi connectivity index (χ0v) is 13.4. The van der Waals surface area contributed by atoms with Gasteiger partial charge in [-0.1, -0.05) is 6.07 Å². The van der Waals surface area contributed by atoms with Crippen LogP contribution >= 0.6 is 0 Å². The highest BCUT2D eigenvalue weighted by molar-refractivity contribution is 7.84. The number of pyridine rings is 1. The van der Waals surface area contributed by atoms with Crippen LogP contribution in [0.2, 0.25) is 6.04 Å². The lowest BCUT2D eigenvalue weighted by atomic mass is 10.4. The molecule has 0 aliphatic heterocycles. The minimum atomic E-state index is -2.53. The fraction of sp³-hybridized carbons (Fsp3) is 0.583. The van der Waals surface area contributed by atoms with Crippen molar-refractivity contribution >= 4 is 19.6 Å². The molecular weight excluding hydrogens is 282 g/mol. The molecular formula is C12H21NO4SSi. The monoisotopic (exact) mass is 303 g/mol. The van der Waals surface area contributed by atoms with Crippen molar-refractivity contribution < 1.29 is 17.5 Å². The van der Waals surface area contributed by atoms with E-state index in [4.69, 9.17) is 13.3 Å². The average molecular weight is 303 g/mol. The molecule has 0 radical (unpaired) electrons. The number of hydrogen-bond donors (Lipinski definition) is 0. The van der Waals surface area contributed by atoms with Gasteiger partial charge in [0.15, 0.2) is 0 Å². The summed E-state index contributed by atoms with van der Waals surface area (Å²) < 4.78 is 27.9. The molecule has 1 rings (SSSR count). The number of nitrogens with zero attached hydrogens (tertiary/aromatic N) is 1. The molecule has 0 aromatic carbocycles. The smallest absolute Gasteiger partial charge is 0.377 e. The third-order valence-corrected chi connectivity index (χ3v) is 7.02. The van der Waals surface area contributed by atoms with Crippen molar-refractivity contribution in [2.24, 2.45) is 0 Å². The van der Waals surface area contributed by atoms with Gasteiger partial charge in [-0.3, -0.25) is 9.19 Å². The molecule has 19 heavy (non-hydrogen) atoms. The second-order valence-corrected chi connectivity index (χ2v) is 8.68. The molecule has 1 aromatic rings. The summed E-state index contributed by atoms with van der Waals surface area (Å²) in [7, 11) is 1.32. The van der Waals surface area contributed by atoms with Crippen LogP contribution in [0.25, 0.3) is 0 Å². The lowest BCUT2D eigenvalue weighted by Gasteiger charge is -2.24. The average Bonchev–Trinajstić information content (AvgIpc) is 2.45. The van der Waals surface area contributed by atoms with E-state index >= 15 is 0 Å². The van der Waals surface area contributed by atoms with E-state index in [1.165, 1.54) is 0 Å². The second kappa shape index (κ2) is 8.54. The first-order valence-electron chi connectivity index (χ1n) is 6.06. The van der Waals surface area contributed by atoms with Gasteiger partial charge in [0.1, 0.15) is 0 Å². The van der Waals surface area contributed by atoms with Crippen molar-refractivity contribution in [2.75, 3.05) is 27.1 Å². The minimum Gasteiger partial charge on any atom is -0.377 e. The Hall–Kier alpha value is -0.603. The van der Waals surface area contributed by atoms with Gasteiger partial charge in [-0.05, 0) is 18.6 Å². The molecule has 108 valence electrons. The molecule has 1 atom stereocenters. The van der Waals surface area contributed by atoms with Crippen LogP contribution in [0.15, 0.2) is 24.4 Å². The zero-order chi connectivity index (χ0) is 14.1. The quantitative estimate of drug-likeness (QED) is 0.649. The molecule has 0 aliphatic carbocycles. The summed E-state index contributed by atoms with van der Waals surface area (Å²) in [5, 5.41) is 0. The Balaban J connectivity index is 2.35. The first-order chi connectivity index (χ1) is 9.15. The molecule has 5 nitrogen and oxygen atoms in total. The standard InChI is InChI=1S/C12H21NO4SSi/c1-15-19(16-2,17-3)10-6-9-18(14)11-12-7-4-5-8-13-12/h4-5,7-8H,6,9-11H2,1-3H3. The fourth-order valence-electron chi connectivity index (χ4n) is 1.73. The molecule has 1 unspecified atom stereocenters. The highest BCUT2D eigenvalue weighted by Gasteiger charge is 2.36. The molecule has 0 amide bonds. The summed E-state index contributed by atoms with van der Waals surface area (Å²) in [5.74, 6) is 1.09. The van der Waals surface area contributed by atoms with Crippen molar-refractivity contribution in [3.05, 3.63) is 30.1 Å². The van der Waals surface area contributed by atoms with Gasteiger partial charge < -0.3 is 13.3 Å².